The summed E-state index contributed by atoms with van der Waals surface area (Å²) < 4.78 is 5.38. The molecule has 0 atom stereocenters. The lowest BCUT2D eigenvalue weighted by Gasteiger charge is -2.25. The Hall–Kier alpha value is -1.71. The molecule has 0 unspecified atom stereocenters. The Kier molecular flexibility index (Phi) is 5.01. The number of nitrogen functional groups attached to an aromatic ring is 1. The number of rotatable bonds is 6. The first-order valence-electron chi connectivity index (χ1n) is 6.22. The lowest BCUT2D eigenvalue weighted by molar-refractivity contribution is -0.124. The molecular weight excluding hydrogens is 228 g/mol. The van der Waals surface area contributed by atoms with Crippen LogP contribution in [0.25, 0.3) is 0 Å². The summed E-state index contributed by atoms with van der Waals surface area (Å²) in [5, 5.41) is 2.95. The third-order valence-electron chi connectivity index (χ3n) is 2.60. The summed E-state index contributed by atoms with van der Waals surface area (Å²) in [5.74, 6) is 0.540. The normalized spacial score (nSPS) is 11.1. The van der Waals surface area contributed by atoms with Crippen LogP contribution in [-0.4, -0.2) is 18.1 Å². The second kappa shape index (κ2) is 6.28. The van der Waals surface area contributed by atoms with Crippen molar-refractivity contribution in [1.29, 1.82) is 0 Å². The summed E-state index contributed by atoms with van der Waals surface area (Å²) >= 11 is 0. The van der Waals surface area contributed by atoms with Gasteiger partial charge in [0.25, 0.3) is 5.91 Å². The fourth-order valence-electron chi connectivity index (χ4n) is 1.81. The minimum atomic E-state index is -0.184. The number of carbonyl (C=O) groups excluding carboxylic acids is 1. The van der Waals surface area contributed by atoms with Crippen molar-refractivity contribution in [2.24, 2.45) is 0 Å². The van der Waals surface area contributed by atoms with Gasteiger partial charge >= 0.3 is 0 Å². The number of amides is 1. The molecule has 0 aliphatic heterocycles. The molecule has 0 fully saturated rings. The maximum absolute atomic E-state index is 11.7. The van der Waals surface area contributed by atoms with Crippen molar-refractivity contribution in [2.75, 3.05) is 12.3 Å². The van der Waals surface area contributed by atoms with E-state index in [1.165, 1.54) is 0 Å². The second-order valence-electron chi connectivity index (χ2n) is 5.04. The van der Waals surface area contributed by atoms with Gasteiger partial charge in [0.1, 0.15) is 5.75 Å². The van der Waals surface area contributed by atoms with Gasteiger partial charge in [-0.15, -0.1) is 0 Å². The van der Waals surface area contributed by atoms with Crippen LogP contribution in [0.1, 0.15) is 33.6 Å². The van der Waals surface area contributed by atoms with E-state index in [2.05, 4.69) is 12.2 Å². The van der Waals surface area contributed by atoms with Crippen molar-refractivity contribution in [3.05, 3.63) is 24.3 Å². The van der Waals surface area contributed by atoms with Crippen LogP contribution >= 0.6 is 0 Å². The van der Waals surface area contributed by atoms with Crippen LogP contribution < -0.4 is 15.8 Å². The Bertz CT molecular complexity index is 385. The predicted molar refractivity (Wildman–Crippen MR) is 73.5 cm³/mol. The van der Waals surface area contributed by atoms with Crippen LogP contribution in [0, 0.1) is 0 Å². The van der Waals surface area contributed by atoms with Crippen LogP contribution in [0.15, 0.2) is 24.3 Å². The molecule has 1 aromatic rings. The molecule has 0 saturated carbocycles. The minimum absolute atomic E-state index is 0.0249. The van der Waals surface area contributed by atoms with Gasteiger partial charge in [-0.2, -0.15) is 0 Å². The number of carbonyl (C=O) groups is 1. The number of hydrogen-bond donors (Lipinski definition) is 2. The molecule has 0 aliphatic carbocycles. The number of benzene rings is 1. The second-order valence-corrected chi connectivity index (χ2v) is 5.04. The SMILES string of the molecule is CCCC(C)(C)NC(=O)COc1ccc(N)cc1. The molecule has 0 heterocycles. The Morgan fingerprint density at radius 3 is 2.50 bits per heavy atom. The maximum Gasteiger partial charge on any atom is 0.258 e. The zero-order valence-electron chi connectivity index (χ0n) is 11.3. The molecule has 100 valence electrons. The van der Waals surface area contributed by atoms with Crippen molar-refractivity contribution >= 4 is 11.6 Å². The van der Waals surface area contributed by atoms with Gasteiger partial charge in [0.05, 0.1) is 0 Å². The van der Waals surface area contributed by atoms with E-state index in [0.717, 1.165) is 12.8 Å². The summed E-state index contributed by atoms with van der Waals surface area (Å²) in [6.45, 7) is 6.14. The van der Waals surface area contributed by atoms with Gasteiger partial charge < -0.3 is 15.8 Å². The van der Waals surface area contributed by atoms with E-state index in [9.17, 15) is 4.79 Å². The Morgan fingerprint density at radius 1 is 1.33 bits per heavy atom. The van der Waals surface area contributed by atoms with Crippen LogP contribution in [0.4, 0.5) is 5.69 Å². The molecule has 4 heteroatoms. The average Bonchev–Trinajstić information content (AvgIpc) is 2.27. The Balaban J connectivity index is 2.39. The third kappa shape index (κ3) is 5.08. The fraction of sp³-hybridized carbons (Fsp3) is 0.500. The number of hydrogen-bond acceptors (Lipinski definition) is 3. The molecule has 0 radical (unpaired) electrons. The van der Waals surface area contributed by atoms with Gasteiger partial charge in [0.2, 0.25) is 0 Å². The largest absolute Gasteiger partial charge is 0.484 e. The van der Waals surface area contributed by atoms with E-state index in [1.54, 1.807) is 24.3 Å². The molecule has 1 rings (SSSR count). The average molecular weight is 250 g/mol. The van der Waals surface area contributed by atoms with Crippen molar-refractivity contribution in [3.63, 3.8) is 0 Å². The summed E-state index contributed by atoms with van der Waals surface area (Å²) in [5.41, 5.74) is 6.06. The van der Waals surface area contributed by atoms with Crippen LogP contribution in [0.3, 0.4) is 0 Å². The van der Waals surface area contributed by atoms with Crippen molar-refractivity contribution in [1.82, 2.24) is 5.32 Å². The highest BCUT2D eigenvalue weighted by Gasteiger charge is 2.19. The number of ether oxygens (including phenoxy) is 1. The van der Waals surface area contributed by atoms with Gasteiger partial charge in [0, 0.05) is 11.2 Å². The molecule has 0 saturated heterocycles. The van der Waals surface area contributed by atoms with Gasteiger partial charge in [-0.3, -0.25) is 4.79 Å². The van der Waals surface area contributed by atoms with Crippen LogP contribution in [0.5, 0.6) is 5.75 Å². The van der Waals surface area contributed by atoms with E-state index in [1.807, 2.05) is 13.8 Å². The maximum atomic E-state index is 11.7. The lowest BCUT2D eigenvalue weighted by atomic mass is 9.99. The predicted octanol–water partition coefficient (Wildman–Crippen LogP) is 2.34. The third-order valence-corrected chi connectivity index (χ3v) is 2.60. The van der Waals surface area contributed by atoms with Crippen LogP contribution in [0.2, 0.25) is 0 Å². The zero-order valence-corrected chi connectivity index (χ0v) is 11.3. The number of anilines is 1. The van der Waals surface area contributed by atoms with Gasteiger partial charge in [-0.25, -0.2) is 0 Å². The zero-order chi connectivity index (χ0) is 13.6. The molecule has 4 nitrogen and oxygen atoms in total. The standard InChI is InChI=1S/C14H22N2O2/c1-4-9-14(2,3)16-13(17)10-18-12-7-5-11(15)6-8-12/h5-8H,4,9-10,15H2,1-3H3,(H,16,17). The highest BCUT2D eigenvalue weighted by molar-refractivity contribution is 5.78. The summed E-state index contributed by atoms with van der Waals surface area (Å²) in [7, 11) is 0. The molecule has 18 heavy (non-hydrogen) atoms. The highest BCUT2D eigenvalue weighted by atomic mass is 16.5. The molecule has 0 aliphatic rings. The molecule has 1 amide bonds. The van der Waals surface area contributed by atoms with E-state index in [4.69, 9.17) is 10.5 Å². The Labute approximate surface area is 109 Å². The summed E-state index contributed by atoms with van der Waals surface area (Å²) in [6, 6.07) is 6.99. The number of nitrogens with two attached hydrogens (primary N) is 1. The van der Waals surface area contributed by atoms with Gasteiger partial charge in [0.15, 0.2) is 6.61 Å². The molecule has 3 N–H and O–H groups in total. The topological polar surface area (TPSA) is 64.3 Å². The van der Waals surface area contributed by atoms with E-state index < -0.39 is 0 Å². The first kappa shape index (κ1) is 14.4. The van der Waals surface area contributed by atoms with Gasteiger partial charge in [-0.05, 0) is 44.5 Å². The molecular formula is C14H22N2O2. The van der Waals surface area contributed by atoms with E-state index in [0.29, 0.717) is 11.4 Å². The van der Waals surface area contributed by atoms with Crippen molar-refractivity contribution in [3.8, 4) is 5.75 Å². The number of nitrogens with one attached hydrogen (secondary N) is 1. The Morgan fingerprint density at radius 2 is 1.94 bits per heavy atom. The molecule has 0 aromatic heterocycles. The van der Waals surface area contributed by atoms with Gasteiger partial charge in [-0.1, -0.05) is 13.3 Å². The molecule has 0 bridgehead atoms. The lowest BCUT2D eigenvalue weighted by Crippen LogP contribution is -2.45. The van der Waals surface area contributed by atoms with E-state index >= 15 is 0 Å². The quantitative estimate of drug-likeness (QED) is 0.762. The summed E-state index contributed by atoms with van der Waals surface area (Å²) in [4.78, 5) is 11.7. The van der Waals surface area contributed by atoms with E-state index in [-0.39, 0.29) is 18.1 Å². The van der Waals surface area contributed by atoms with Crippen molar-refractivity contribution < 1.29 is 9.53 Å². The highest BCUT2D eigenvalue weighted by Crippen LogP contribution is 2.13. The smallest absolute Gasteiger partial charge is 0.258 e. The monoisotopic (exact) mass is 250 g/mol. The minimum Gasteiger partial charge on any atom is -0.484 e. The van der Waals surface area contributed by atoms with Crippen LogP contribution in [-0.2, 0) is 4.79 Å². The first-order chi connectivity index (χ1) is 8.43. The fourth-order valence-corrected chi connectivity index (χ4v) is 1.81. The van der Waals surface area contributed by atoms with Crippen molar-refractivity contribution in [2.45, 2.75) is 39.2 Å². The molecule has 0 spiro atoms. The summed E-state index contributed by atoms with van der Waals surface area (Å²) in [6.07, 6.45) is 1.98. The molecule has 1 aromatic carbocycles. The first-order valence-corrected chi connectivity index (χ1v) is 6.22.